The van der Waals surface area contributed by atoms with Gasteiger partial charge in [0.1, 0.15) is 6.54 Å². The van der Waals surface area contributed by atoms with Crippen LogP contribution in [0.2, 0.25) is 0 Å². The quantitative estimate of drug-likeness (QED) is 0.281. The maximum absolute atomic E-state index is 11.6. The summed E-state index contributed by atoms with van der Waals surface area (Å²) in [5, 5.41) is 6.57. The summed E-state index contributed by atoms with van der Waals surface area (Å²) in [5.41, 5.74) is -0.126. The first-order chi connectivity index (χ1) is 9.97. The number of carbonyl (C=O) groups is 1. The molecule has 1 saturated heterocycles. The van der Waals surface area contributed by atoms with Crippen molar-refractivity contribution in [2.45, 2.75) is 45.1 Å². The molecule has 0 spiro atoms. The highest BCUT2D eigenvalue weighted by Gasteiger charge is 2.29. The number of nitrogens with zero attached hydrogens (tertiary/aromatic N) is 2. The van der Waals surface area contributed by atoms with Crippen molar-refractivity contribution in [3.05, 3.63) is 0 Å². The number of likely N-dealkylation sites (N-methyl/N-ethyl adjacent to an activating group) is 1. The van der Waals surface area contributed by atoms with E-state index < -0.39 is 0 Å². The van der Waals surface area contributed by atoms with Crippen LogP contribution in [0.25, 0.3) is 0 Å². The van der Waals surface area contributed by atoms with Gasteiger partial charge in [-0.15, -0.1) is 24.0 Å². The molecule has 130 valence electrons. The SMILES string of the molecule is CCCCNC(=NCC(=O)N(C)C)NCC1(C)CCCO1.I. The van der Waals surface area contributed by atoms with E-state index in [4.69, 9.17) is 4.74 Å². The average molecular weight is 426 g/mol. The van der Waals surface area contributed by atoms with Gasteiger partial charge in [-0.1, -0.05) is 13.3 Å². The van der Waals surface area contributed by atoms with Gasteiger partial charge < -0.3 is 20.3 Å². The summed E-state index contributed by atoms with van der Waals surface area (Å²) in [5.74, 6) is 0.685. The van der Waals surface area contributed by atoms with E-state index in [0.29, 0.717) is 12.5 Å². The molecule has 0 aromatic heterocycles. The van der Waals surface area contributed by atoms with E-state index >= 15 is 0 Å². The zero-order chi connectivity index (χ0) is 15.7. The minimum atomic E-state index is -0.126. The number of nitrogens with one attached hydrogen (secondary N) is 2. The molecule has 1 aliphatic rings. The second-order valence-corrected chi connectivity index (χ2v) is 5.99. The van der Waals surface area contributed by atoms with Crippen molar-refractivity contribution in [1.82, 2.24) is 15.5 Å². The molecule has 0 saturated carbocycles. The van der Waals surface area contributed by atoms with E-state index in [1.807, 2.05) is 0 Å². The summed E-state index contributed by atoms with van der Waals surface area (Å²) in [6.45, 7) is 6.81. The average Bonchev–Trinajstić information content (AvgIpc) is 2.88. The molecule has 7 heteroatoms. The van der Waals surface area contributed by atoms with Gasteiger partial charge in [0, 0.05) is 33.8 Å². The molecular formula is C15H31IN4O2. The maximum Gasteiger partial charge on any atom is 0.243 e. The third-order valence-corrected chi connectivity index (χ3v) is 3.62. The van der Waals surface area contributed by atoms with Crippen LogP contribution >= 0.6 is 24.0 Å². The number of carbonyl (C=O) groups excluding carboxylic acids is 1. The van der Waals surface area contributed by atoms with Crippen LogP contribution in [-0.4, -0.2) is 62.7 Å². The van der Waals surface area contributed by atoms with Crippen LogP contribution in [0, 0.1) is 0 Å². The number of guanidine groups is 1. The van der Waals surface area contributed by atoms with Crippen molar-refractivity contribution in [1.29, 1.82) is 0 Å². The standard InChI is InChI=1S/C15H30N4O2.HI/c1-5-6-9-16-14(17-11-13(20)19(3)4)18-12-15(2)8-7-10-21-15;/h5-12H2,1-4H3,(H2,16,17,18);1H. The summed E-state index contributed by atoms with van der Waals surface area (Å²) in [7, 11) is 3.48. The van der Waals surface area contributed by atoms with Crippen molar-refractivity contribution in [2.75, 3.05) is 40.3 Å². The Hall–Kier alpha value is -0.570. The van der Waals surface area contributed by atoms with Gasteiger partial charge in [-0.3, -0.25) is 4.79 Å². The van der Waals surface area contributed by atoms with Crippen molar-refractivity contribution in [2.24, 2.45) is 4.99 Å². The molecule has 0 aromatic carbocycles. The van der Waals surface area contributed by atoms with E-state index in [1.54, 1.807) is 19.0 Å². The highest BCUT2D eigenvalue weighted by Crippen LogP contribution is 2.23. The van der Waals surface area contributed by atoms with Crippen LogP contribution in [0.3, 0.4) is 0 Å². The number of aliphatic imine (C=N–C) groups is 1. The molecule has 1 unspecified atom stereocenters. The van der Waals surface area contributed by atoms with Crippen molar-refractivity contribution < 1.29 is 9.53 Å². The summed E-state index contributed by atoms with van der Waals surface area (Å²) < 4.78 is 5.76. The summed E-state index contributed by atoms with van der Waals surface area (Å²) in [6, 6.07) is 0. The van der Waals surface area contributed by atoms with Crippen LogP contribution in [-0.2, 0) is 9.53 Å². The van der Waals surface area contributed by atoms with Crippen LogP contribution in [0.5, 0.6) is 0 Å². The number of ether oxygens (including phenoxy) is 1. The highest BCUT2D eigenvalue weighted by atomic mass is 127. The maximum atomic E-state index is 11.6. The first-order valence-electron chi connectivity index (χ1n) is 7.83. The van der Waals surface area contributed by atoms with Gasteiger partial charge in [0.15, 0.2) is 5.96 Å². The number of rotatable bonds is 7. The molecular weight excluding hydrogens is 395 g/mol. The second-order valence-electron chi connectivity index (χ2n) is 5.99. The summed E-state index contributed by atoms with van der Waals surface area (Å²) in [4.78, 5) is 17.5. The fraction of sp³-hybridized carbons (Fsp3) is 0.867. The Labute approximate surface area is 151 Å². The normalized spacial score (nSPS) is 21.2. The molecule has 1 atom stereocenters. The predicted octanol–water partition coefficient (Wildman–Crippen LogP) is 1.60. The fourth-order valence-electron chi connectivity index (χ4n) is 2.09. The molecule has 2 N–H and O–H groups in total. The van der Waals surface area contributed by atoms with Crippen LogP contribution in [0.1, 0.15) is 39.5 Å². The lowest BCUT2D eigenvalue weighted by Gasteiger charge is -2.25. The van der Waals surface area contributed by atoms with E-state index in [-0.39, 0.29) is 42.0 Å². The van der Waals surface area contributed by atoms with Crippen molar-refractivity contribution >= 4 is 35.8 Å². The van der Waals surface area contributed by atoms with E-state index in [1.165, 1.54) is 0 Å². The Morgan fingerprint density at radius 2 is 2.09 bits per heavy atom. The zero-order valence-corrected chi connectivity index (χ0v) is 16.6. The van der Waals surface area contributed by atoms with E-state index in [2.05, 4.69) is 29.5 Å². The first kappa shape index (κ1) is 21.4. The molecule has 0 aliphatic carbocycles. The number of halogens is 1. The van der Waals surface area contributed by atoms with Gasteiger partial charge in [0.05, 0.1) is 5.60 Å². The van der Waals surface area contributed by atoms with Gasteiger partial charge in [-0.25, -0.2) is 4.99 Å². The first-order valence-corrected chi connectivity index (χ1v) is 7.83. The molecule has 1 fully saturated rings. The highest BCUT2D eigenvalue weighted by molar-refractivity contribution is 14.0. The molecule has 6 nitrogen and oxygen atoms in total. The minimum Gasteiger partial charge on any atom is -0.373 e. The number of hydrogen-bond acceptors (Lipinski definition) is 3. The predicted molar refractivity (Wildman–Crippen MR) is 101 cm³/mol. The Kier molecular flexibility index (Phi) is 10.8. The fourth-order valence-corrected chi connectivity index (χ4v) is 2.09. The Bertz CT molecular complexity index is 355. The lowest BCUT2D eigenvalue weighted by Crippen LogP contribution is -2.46. The van der Waals surface area contributed by atoms with Crippen LogP contribution in [0.4, 0.5) is 0 Å². The summed E-state index contributed by atoms with van der Waals surface area (Å²) >= 11 is 0. The molecule has 0 bridgehead atoms. The largest absolute Gasteiger partial charge is 0.373 e. The van der Waals surface area contributed by atoms with Gasteiger partial charge in [0.25, 0.3) is 0 Å². The van der Waals surface area contributed by atoms with Crippen LogP contribution < -0.4 is 10.6 Å². The second kappa shape index (κ2) is 11.0. The number of amides is 1. The lowest BCUT2D eigenvalue weighted by molar-refractivity contribution is -0.127. The number of unbranched alkanes of at least 4 members (excludes halogenated alkanes) is 1. The van der Waals surface area contributed by atoms with E-state index in [0.717, 1.165) is 38.8 Å². The molecule has 1 rings (SSSR count). The minimum absolute atomic E-state index is 0. The Morgan fingerprint density at radius 3 is 2.64 bits per heavy atom. The third-order valence-electron chi connectivity index (χ3n) is 3.62. The van der Waals surface area contributed by atoms with Gasteiger partial charge in [-0.2, -0.15) is 0 Å². The topological polar surface area (TPSA) is 66.0 Å². The van der Waals surface area contributed by atoms with Gasteiger partial charge >= 0.3 is 0 Å². The Morgan fingerprint density at radius 1 is 1.36 bits per heavy atom. The molecule has 0 aromatic rings. The molecule has 1 aliphatic heterocycles. The van der Waals surface area contributed by atoms with Gasteiger partial charge in [0.2, 0.25) is 5.91 Å². The summed E-state index contributed by atoms with van der Waals surface area (Å²) in [6.07, 6.45) is 4.36. The van der Waals surface area contributed by atoms with Crippen LogP contribution in [0.15, 0.2) is 4.99 Å². The lowest BCUT2D eigenvalue weighted by atomic mass is 10.0. The zero-order valence-electron chi connectivity index (χ0n) is 14.3. The smallest absolute Gasteiger partial charge is 0.243 e. The molecule has 1 heterocycles. The number of hydrogen-bond donors (Lipinski definition) is 2. The third kappa shape index (κ3) is 8.17. The Balaban J connectivity index is 0.00000441. The molecule has 0 radical (unpaired) electrons. The van der Waals surface area contributed by atoms with E-state index in [9.17, 15) is 4.79 Å². The monoisotopic (exact) mass is 426 g/mol. The van der Waals surface area contributed by atoms with Gasteiger partial charge in [-0.05, 0) is 26.2 Å². The van der Waals surface area contributed by atoms with Crippen molar-refractivity contribution in [3.63, 3.8) is 0 Å². The van der Waals surface area contributed by atoms with Crippen molar-refractivity contribution in [3.8, 4) is 0 Å². The molecule has 22 heavy (non-hydrogen) atoms. The molecule has 1 amide bonds.